The maximum absolute atomic E-state index is 9.58. The summed E-state index contributed by atoms with van der Waals surface area (Å²) in [5, 5.41) is 10.2. The van der Waals surface area contributed by atoms with Gasteiger partial charge in [0.2, 0.25) is 0 Å². The second kappa shape index (κ2) is 14.5. The van der Waals surface area contributed by atoms with Crippen molar-refractivity contribution in [3.63, 3.8) is 0 Å². The molecule has 7 rings (SSSR count). The van der Waals surface area contributed by atoms with Crippen molar-refractivity contribution in [2.24, 2.45) is 5.73 Å². The number of aliphatic hydroxyl groups is 1. The van der Waals surface area contributed by atoms with Gasteiger partial charge in [-0.1, -0.05) is 145 Å². The molecule has 2 heterocycles. The first-order chi connectivity index (χ1) is 23.2. The van der Waals surface area contributed by atoms with Crippen molar-refractivity contribution in [1.82, 2.24) is 4.98 Å². The maximum Gasteiger partial charge on any atom is 0.256 e. The number of hydrogen-bond acceptors (Lipinski definition) is 7. The number of nitrogens with zero attached hydrogens (tertiary/aromatic N) is 1. The highest BCUT2D eigenvalue weighted by molar-refractivity contribution is 7.99. The molecule has 236 valence electrons. The second-order valence-corrected chi connectivity index (χ2v) is 12.5. The minimum Gasteiger partial charge on any atom is -0.431 e. The van der Waals surface area contributed by atoms with Crippen LogP contribution in [0.1, 0.15) is 41.1 Å². The van der Waals surface area contributed by atoms with Crippen LogP contribution in [-0.2, 0) is 22.6 Å². The number of oxazole rings is 1. The third-order valence-electron chi connectivity index (χ3n) is 8.43. The fourth-order valence-corrected chi connectivity index (χ4v) is 6.77. The van der Waals surface area contributed by atoms with E-state index in [0.29, 0.717) is 23.9 Å². The molecule has 0 bridgehead atoms. The van der Waals surface area contributed by atoms with Crippen LogP contribution in [0.5, 0.6) is 0 Å². The highest BCUT2D eigenvalue weighted by Gasteiger charge is 2.33. The summed E-state index contributed by atoms with van der Waals surface area (Å²) in [6.07, 6.45) is -0.206. The van der Waals surface area contributed by atoms with Crippen LogP contribution in [0.15, 0.2) is 143 Å². The number of aromatic nitrogens is 1. The van der Waals surface area contributed by atoms with E-state index in [-0.39, 0.29) is 18.8 Å². The summed E-state index contributed by atoms with van der Waals surface area (Å²) in [6.45, 7) is 0.482. The van der Waals surface area contributed by atoms with Crippen LogP contribution in [0, 0.1) is 0 Å². The molecule has 0 aliphatic carbocycles. The average molecular weight is 641 g/mol. The minimum absolute atomic E-state index is 0.00250. The van der Waals surface area contributed by atoms with Gasteiger partial charge in [-0.05, 0) is 27.8 Å². The molecule has 6 nitrogen and oxygen atoms in total. The molecule has 3 unspecified atom stereocenters. The molecule has 1 aliphatic heterocycles. The maximum atomic E-state index is 9.58. The van der Waals surface area contributed by atoms with E-state index < -0.39 is 6.29 Å². The van der Waals surface area contributed by atoms with Gasteiger partial charge in [0, 0.05) is 35.4 Å². The monoisotopic (exact) mass is 640 g/mol. The molecule has 1 fully saturated rings. The smallest absolute Gasteiger partial charge is 0.256 e. The summed E-state index contributed by atoms with van der Waals surface area (Å²) in [4.78, 5) is 4.94. The Hall–Kier alpha value is -4.50. The largest absolute Gasteiger partial charge is 0.431 e. The van der Waals surface area contributed by atoms with Crippen molar-refractivity contribution in [1.29, 1.82) is 0 Å². The SMILES string of the molecule is NCc1ccccc1-c1ccc(C2OC(CSc3nc(-c4ccccc4)c(-c4ccccc4)o3)CC(c3ccc(CO)cc3)O2)cc1. The highest BCUT2D eigenvalue weighted by atomic mass is 32.2. The Kier molecular flexibility index (Phi) is 9.60. The van der Waals surface area contributed by atoms with Crippen LogP contribution in [0.2, 0.25) is 0 Å². The summed E-state index contributed by atoms with van der Waals surface area (Å²) in [5.41, 5.74) is 15.0. The zero-order valence-electron chi connectivity index (χ0n) is 25.9. The lowest BCUT2D eigenvalue weighted by molar-refractivity contribution is -0.245. The molecule has 3 atom stereocenters. The predicted molar refractivity (Wildman–Crippen MR) is 186 cm³/mol. The van der Waals surface area contributed by atoms with Gasteiger partial charge in [-0.3, -0.25) is 0 Å². The third kappa shape index (κ3) is 7.10. The number of aliphatic hydroxyl groups excluding tert-OH is 1. The summed E-state index contributed by atoms with van der Waals surface area (Å²) in [6, 6.07) is 44.7. The van der Waals surface area contributed by atoms with Crippen LogP contribution >= 0.6 is 11.8 Å². The summed E-state index contributed by atoms with van der Waals surface area (Å²) in [7, 11) is 0. The first-order valence-electron chi connectivity index (χ1n) is 15.8. The van der Waals surface area contributed by atoms with Crippen LogP contribution in [0.25, 0.3) is 33.7 Å². The van der Waals surface area contributed by atoms with E-state index in [4.69, 9.17) is 24.6 Å². The molecule has 3 N–H and O–H groups in total. The molecule has 0 spiro atoms. The normalized spacial score (nSPS) is 17.9. The Morgan fingerprint density at radius 2 is 1.36 bits per heavy atom. The van der Waals surface area contributed by atoms with Gasteiger partial charge in [0.1, 0.15) is 5.69 Å². The number of hydrogen-bond donors (Lipinski definition) is 2. The zero-order valence-corrected chi connectivity index (χ0v) is 26.7. The van der Waals surface area contributed by atoms with Gasteiger partial charge in [0.05, 0.1) is 18.8 Å². The van der Waals surface area contributed by atoms with Crippen LogP contribution in [-0.4, -0.2) is 21.9 Å². The molecule has 0 amide bonds. The Morgan fingerprint density at radius 1 is 0.702 bits per heavy atom. The summed E-state index contributed by atoms with van der Waals surface area (Å²) >= 11 is 1.55. The van der Waals surface area contributed by atoms with E-state index in [1.54, 1.807) is 11.8 Å². The highest BCUT2D eigenvalue weighted by Crippen LogP contribution is 2.41. The topological polar surface area (TPSA) is 90.7 Å². The van der Waals surface area contributed by atoms with Crippen molar-refractivity contribution < 1.29 is 19.0 Å². The van der Waals surface area contributed by atoms with Crippen LogP contribution in [0.3, 0.4) is 0 Å². The van der Waals surface area contributed by atoms with Gasteiger partial charge in [-0.2, -0.15) is 0 Å². The predicted octanol–water partition coefficient (Wildman–Crippen LogP) is 8.96. The first kappa shape index (κ1) is 31.1. The van der Waals surface area contributed by atoms with Gasteiger partial charge in [0.25, 0.3) is 5.22 Å². The van der Waals surface area contributed by atoms with Gasteiger partial charge >= 0.3 is 0 Å². The summed E-state index contributed by atoms with van der Waals surface area (Å²) < 4.78 is 19.6. The minimum atomic E-state index is -0.556. The van der Waals surface area contributed by atoms with E-state index in [9.17, 15) is 5.11 Å². The van der Waals surface area contributed by atoms with E-state index in [1.165, 1.54) is 0 Å². The zero-order chi connectivity index (χ0) is 32.0. The average Bonchev–Trinajstić information content (AvgIpc) is 3.59. The van der Waals surface area contributed by atoms with Crippen molar-refractivity contribution in [3.05, 3.63) is 156 Å². The molecule has 7 heteroatoms. The summed E-state index contributed by atoms with van der Waals surface area (Å²) in [5.74, 6) is 1.39. The number of thioether (sulfide) groups is 1. The van der Waals surface area contributed by atoms with E-state index in [2.05, 4.69) is 48.5 Å². The van der Waals surface area contributed by atoms with Crippen molar-refractivity contribution in [2.75, 3.05) is 5.75 Å². The number of ether oxygens (including phenoxy) is 2. The lowest BCUT2D eigenvalue weighted by Crippen LogP contribution is -2.31. The quantitative estimate of drug-likeness (QED) is 0.145. The van der Waals surface area contributed by atoms with E-state index in [1.807, 2.05) is 84.9 Å². The molecule has 5 aromatic carbocycles. The molecule has 0 saturated carbocycles. The molecular weight excluding hydrogens is 605 g/mol. The first-order valence-corrected chi connectivity index (χ1v) is 16.8. The van der Waals surface area contributed by atoms with E-state index in [0.717, 1.165) is 56.0 Å². The van der Waals surface area contributed by atoms with Crippen molar-refractivity contribution in [3.8, 4) is 33.7 Å². The molecule has 1 aromatic heterocycles. The fraction of sp³-hybridized carbons (Fsp3) is 0.175. The lowest BCUT2D eigenvalue weighted by Gasteiger charge is -2.36. The lowest BCUT2D eigenvalue weighted by atomic mass is 9.98. The van der Waals surface area contributed by atoms with E-state index >= 15 is 0 Å². The Morgan fingerprint density at radius 3 is 2.06 bits per heavy atom. The number of benzene rings is 5. The molecule has 6 aromatic rings. The number of rotatable bonds is 10. The molecule has 0 radical (unpaired) electrons. The second-order valence-electron chi connectivity index (χ2n) is 11.5. The van der Waals surface area contributed by atoms with Gasteiger partial charge in [-0.25, -0.2) is 4.98 Å². The Bertz CT molecular complexity index is 1840. The van der Waals surface area contributed by atoms with Crippen molar-refractivity contribution >= 4 is 11.8 Å². The fourth-order valence-electron chi connectivity index (χ4n) is 5.93. The Balaban J connectivity index is 1.14. The third-order valence-corrected chi connectivity index (χ3v) is 9.39. The van der Waals surface area contributed by atoms with Crippen molar-refractivity contribution in [2.45, 2.75) is 43.3 Å². The molecule has 1 aliphatic rings. The van der Waals surface area contributed by atoms with Crippen LogP contribution in [0.4, 0.5) is 0 Å². The molecular formula is C40H36N2O4S. The van der Waals surface area contributed by atoms with Crippen LogP contribution < -0.4 is 5.73 Å². The number of nitrogens with two attached hydrogens (primary N) is 1. The molecule has 1 saturated heterocycles. The van der Waals surface area contributed by atoms with Gasteiger partial charge in [0.15, 0.2) is 12.1 Å². The standard InChI is InChI=1S/C40H36N2O4S/c41-24-33-13-7-8-14-35(33)28-19-21-32(22-20-28)39-44-34(23-36(45-39)29-17-15-27(25-43)16-18-29)26-47-40-42-37(30-9-3-1-4-10-30)38(46-40)31-11-5-2-6-12-31/h1-22,34,36,39,43H,23-26,41H2. The Labute approximate surface area is 279 Å². The van der Waals surface area contributed by atoms with Gasteiger partial charge in [-0.15, -0.1) is 0 Å². The van der Waals surface area contributed by atoms with Gasteiger partial charge < -0.3 is 24.7 Å². The molecule has 47 heavy (non-hydrogen) atoms.